The van der Waals surface area contributed by atoms with Crippen molar-refractivity contribution in [3.05, 3.63) is 34.6 Å². The SMILES string of the molecule is Fc1ccc(Cl)cc1CNCC1CCC1. The molecule has 0 aliphatic heterocycles. The minimum Gasteiger partial charge on any atom is -0.312 e. The second-order valence-corrected chi connectivity index (χ2v) is 4.60. The first-order chi connectivity index (χ1) is 7.25. The zero-order valence-corrected chi connectivity index (χ0v) is 9.36. The summed E-state index contributed by atoms with van der Waals surface area (Å²) in [6.45, 7) is 1.56. The van der Waals surface area contributed by atoms with Crippen LogP contribution < -0.4 is 5.32 Å². The van der Waals surface area contributed by atoms with E-state index in [4.69, 9.17) is 11.6 Å². The first kappa shape index (κ1) is 10.9. The van der Waals surface area contributed by atoms with Crippen LogP contribution in [0.5, 0.6) is 0 Å². The van der Waals surface area contributed by atoms with Gasteiger partial charge in [0.1, 0.15) is 5.82 Å². The molecule has 3 heteroatoms. The number of hydrogen-bond acceptors (Lipinski definition) is 1. The fraction of sp³-hybridized carbons (Fsp3) is 0.500. The highest BCUT2D eigenvalue weighted by atomic mass is 35.5. The molecule has 1 aliphatic rings. The molecule has 82 valence electrons. The number of hydrogen-bond donors (Lipinski definition) is 1. The van der Waals surface area contributed by atoms with Crippen molar-refractivity contribution in [1.82, 2.24) is 5.32 Å². The van der Waals surface area contributed by atoms with Gasteiger partial charge in [-0.1, -0.05) is 18.0 Å². The molecule has 0 radical (unpaired) electrons. The Morgan fingerprint density at radius 3 is 2.87 bits per heavy atom. The first-order valence-electron chi connectivity index (χ1n) is 5.40. The van der Waals surface area contributed by atoms with Crippen LogP contribution in [0.2, 0.25) is 5.02 Å². The number of nitrogens with one attached hydrogen (secondary N) is 1. The number of benzene rings is 1. The predicted octanol–water partition coefficient (Wildman–Crippen LogP) is 3.37. The second-order valence-electron chi connectivity index (χ2n) is 4.16. The molecule has 1 nitrogen and oxygen atoms in total. The van der Waals surface area contributed by atoms with Gasteiger partial charge >= 0.3 is 0 Å². The standard InChI is InChI=1S/C12H15ClFN/c13-11-4-5-12(14)10(6-11)8-15-7-9-2-1-3-9/h4-6,9,15H,1-3,7-8H2. The second kappa shape index (κ2) is 4.95. The van der Waals surface area contributed by atoms with Crippen molar-refractivity contribution in [2.75, 3.05) is 6.54 Å². The summed E-state index contributed by atoms with van der Waals surface area (Å²) >= 11 is 5.80. The van der Waals surface area contributed by atoms with Crippen molar-refractivity contribution in [1.29, 1.82) is 0 Å². The summed E-state index contributed by atoms with van der Waals surface area (Å²) in [7, 11) is 0. The van der Waals surface area contributed by atoms with E-state index in [2.05, 4.69) is 5.32 Å². The van der Waals surface area contributed by atoms with Crippen LogP contribution in [0.3, 0.4) is 0 Å². The van der Waals surface area contributed by atoms with Crippen molar-refractivity contribution in [3.63, 3.8) is 0 Å². The van der Waals surface area contributed by atoms with E-state index in [1.165, 1.54) is 25.3 Å². The van der Waals surface area contributed by atoms with Crippen molar-refractivity contribution < 1.29 is 4.39 Å². The maximum atomic E-state index is 13.3. The summed E-state index contributed by atoms with van der Waals surface area (Å²) in [5.74, 6) is 0.618. The van der Waals surface area contributed by atoms with E-state index in [1.54, 1.807) is 12.1 Å². The van der Waals surface area contributed by atoms with Crippen LogP contribution in [0.4, 0.5) is 4.39 Å². The van der Waals surface area contributed by atoms with E-state index in [0.717, 1.165) is 12.5 Å². The van der Waals surface area contributed by atoms with Crippen LogP contribution in [0.15, 0.2) is 18.2 Å². The molecule has 2 rings (SSSR count). The van der Waals surface area contributed by atoms with Crippen LogP contribution in [0.1, 0.15) is 24.8 Å². The normalized spacial score (nSPS) is 16.4. The summed E-state index contributed by atoms with van der Waals surface area (Å²) in [6.07, 6.45) is 3.97. The van der Waals surface area contributed by atoms with Crippen LogP contribution in [0, 0.1) is 11.7 Å². The highest BCUT2D eigenvalue weighted by Crippen LogP contribution is 2.25. The van der Waals surface area contributed by atoms with Crippen LogP contribution in [-0.4, -0.2) is 6.54 Å². The molecule has 15 heavy (non-hydrogen) atoms. The van der Waals surface area contributed by atoms with Crippen LogP contribution >= 0.6 is 11.6 Å². The van der Waals surface area contributed by atoms with Gasteiger partial charge in [0.05, 0.1) is 0 Å². The van der Waals surface area contributed by atoms with E-state index in [1.807, 2.05) is 0 Å². The Hall–Kier alpha value is -0.600. The molecule has 1 N–H and O–H groups in total. The molecule has 1 aromatic carbocycles. The topological polar surface area (TPSA) is 12.0 Å². The Morgan fingerprint density at radius 1 is 1.40 bits per heavy atom. The van der Waals surface area contributed by atoms with Gasteiger partial charge < -0.3 is 5.32 Å². The van der Waals surface area contributed by atoms with Gasteiger partial charge in [-0.15, -0.1) is 0 Å². The molecule has 1 fully saturated rings. The minimum atomic E-state index is -0.180. The Bertz CT molecular complexity index is 336. The van der Waals surface area contributed by atoms with Gasteiger partial charge in [0.2, 0.25) is 0 Å². The van der Waals surface area contributed by atoms with Gasteiger partial charge in [0.15, 0.2) is 0 Å². The Balaban J connectivity index is 1.83. The lowest BCUT2D eigenvalue weighted by Gasteiger charge is -2.25. The maximum Gasteiger partial charge on any atom is 0.127 e. The first-order valence-corrected chi connectivity index (χ1v) is 5.78. The molecule has 0 aromatic heterocycles. The molecule has 0 amide bonds. The number of halogens is 2. The van der Waals surface area contributed by atoms with Crippen molar-refractivity contribution in [2.24, 2.45) is 5.92 Å². The lowest BCUT2D eigenvalue weighted by atomic mass is 9.85. The van der Waals surface area contributed by atoms with Gasteiger partial charge in [-0.05, 0) is 43.5 Å². The molecule has 0 unspecified atom stereocenters. The van der Waals surface area contributed by atoms with Gasteiger partial charge in [-0.2, -0.15) is 0 Å². The molecular formula is C12H15ClFN. The van der Waals surface area contributed by atoms with E-state index in [0.29, 0.717) is 17.1 Å². The molecule has 0 spiro atoms. The zero-order chi connectivity index (χ0) is 10.7. The summed E-state index contributed by atoms with van der Waals surface area (Å²) < 4.78 is 13.3. The minimum absolute atomic E-state index is 0.180. The lowest BCUT2D eigenvalue weighted by molar-refractivity contribution is 0.301. The number of rotatable bonds is 4. The van der Waals surface area contributed by atoms with Crippen molar-refractivity contribution in [2.45, 2.75) is 25.8 Å². The molecule has 0 heterocycles. The Morgan fingerprint density at radius 2 is 2.20 bits per heavy atom. The summed E-state index contributed by atoms with van der Waals surface area (Å²) in [4.78, 5) is 0. The average molecular weight is 228 g/mol. The molecule has 0 bridgehead atoms. The highest BCUT2D eigenvalue weighted by Gasteiger charge is 2.16. The fourth-order valence-electron chi connectivity index (χ4n) is 1.79. The predicted molar refractivity (Wildman–Crippen MR) is 60.5 cm³/mol. The molecule has 1 saturated carbocycles. The van der Waals surface area contributed by atoms with E-state index < -0.39 is 0 Å². The zero-order valence-electron chi connectivity index (χ0n) is 8.60. The molecular weight excluding hydrogens is 213 g/mol. The third kappa shape index (κ3) is 2.93. The third-order valence-electron chi connectivity index (χ3n) is 2.98. The third-order valence-corrected chi connectivity index (χ3v) is 3.22. The summed E-state index contributed by atoms with van der Waals surface area (Å²) in [6, 6.07) is 4.68. The highest BCUT2D eigenvalue weighted by molar-refractivity contribution is 6.30. The monoisotopic (exact) mass is 227 g/mol. The van der Waals surface area contributed by atoms with E-state index >= 15 is 0 Å². The maximum absolute atomic E-state index is 13.3. The van der Waals surface area contributed by atoms with Gasteiger partial charge in [-0.25, -0.2) is 4.39 Å². The summed E-state index contributed by atoms with van der Waals surface area (Å²) in [5, 5.41) is 3.87. The van der Waals surface area contributed by atoms with Crippen LogP contribution in [0.25, 0.3) is 0 Å². The fourth-order valence-corrected chi connectivity index (χ4v) is 1.98. The molecule has 0 atom stereocenters. The molecule has 1 aromatic rings. The average Bonchev–Trinajstić information content (AvgIpc) is 2.15. The van der Waals surface area contributed by atoms with Gasteiger partial charge in [0, 0.05) is 17.1 Å². The smallest absolute Gasteiger partial charge is 0.127 e. The van der Waals surface area contributed by atoms with Gasteiger partial charge in [0.25, 0.3) is 0 Å². The van der Waals surface area contributed by atoms with Crippen LogP contribution in [-0.2, 0) is 6.54 Å². The largest absolute Gasteiger partial charge is 0.312 e. The van der Waals surface area contributed by atoms with E-state index in [-0.39, 0.29) is 5.82 Å². The quantitative estimate of drug-likeness (QED) is 0.832. The Kier molecular flexibility index (Phi) is 3.60. The lowest BCUT2D eigenvalue weighted by Crippen LogP contribution is -2.27. The van der Waals surface area contributed by atoms with Gasteiger partial charge in [-0.3, -0.25) is 0 Å². The Labute approximate surface area is 94.6 Å². The van der Waals surface area contributed by atoms with E-state index in [9.17, 15) is 4.39 Å². The van der Waals surface area contributed by atoms with Crippen molar-refractivity contribution in [3.8, 4) is 0 Å². The molecule has 0 saturated heterocycles. The van der Waals surface area contributed by atoms with Crippen molar-refractivity contribution >= 4 is 11.6 Å². The summed E-state index contributed by atoms with van der Waals surface area (Å²) in [5.41, 5.74) is 0.654. The molecule has 1 aliphatic carbocycles.